The Morgan fingerprint density at radius 1 is 1.23 bits per heavy atom. The highest BCUT2D eigenvalue weighted by atomic mass is 19.1. The molecule has 0 aliphatic rings. The lowest BCUT2D eigenvalue weighted by Crippen LogP contribution is -2.13. The van der Waals surface area contributed by atoms with E-state index in [0.29, 0.717) is 5.56 Å². The summed E-state index contributed by atoms with van der Waals surface area (Å²) in [6, 6.07) is 6.96. The second-order valence-corrected chi connectivity index (χ2v) is 5.12. The first kappa shape index (κ1) is 14.4. The fourth-order valence-corrected chi connectivity index (χ4v) is 2.40. The van der Waals surface area contributed by atoms with Crippen LogP contribution in [0, 0.1) is 11.6 Å². The molecule has 1 atom stereocenters. The van der Waals surface area contributed by atoms with Crippen molar-refractivity contribution in [1.29, 1.82) is 0 Å². The normalized spacial score (nSPS) is 12.5. The molecule has 0 bridgehead atoms. The second-order valence-electron chi connectivity index (χ2n) is 5.12. The zero-order valence-electron chi connectivity index (χ0n) is 12.3. The van der Waals surface area contributed by atoms with Crippen molar-refractivity contribution >= 4 is 11.5 Å². The summed E-state index contributed by atoms with van der Waals surface area (Å²) in [7, 11) is 0. The number of benzene rings is 1. The average molecular weight is 302 g/mol. The lowest BCUT2D eigenvalue weighted by molar-refractivity contribution is 0.566. The van der Waals surface area contributed by atoms with Crippen LogP contribution in [0.3, 0.4) is 0 Å². The summed E-state index contributed by atoms with van der Waals surface area (Å²) in [5.74, 6) is -0.426. The molecule has 0 saturated heterocycles. The molecule has 0 spiro atoms. The maximum Gasteiger partial charge on any atom is 0.157 e. The molecule has 114 valence electrons. The van der Waals surface area contributed by atoms with Gasteiger partial charge in [-0.15, -0.1) is 0 Å². The molecule has 1 N–H and O–H groups in total. The molecule has 3 rings (SSSR count). The van der Waals surface area contributed by atoms with E-state index in [1.165, 1.54) is 12.1 Å². The molecule has 2 aromatic heterocycles. The quantitative estimate of drug-likeness (QED) is 0.798. The van der Waals surface area contributed by atoms with Gasteiger partial charge in [-0.2, -0.15) is 9.61 Å². The Kier molecular flexibility index (Phi) is 3.75. The number of rotatable bonds is 4. The molecule has 0 unspecified atom stereocenters. The first-order valence-corrected chi connectivity index (χ1v) is 7.13. The molecule has 6 heteroatoms. The fourth-order valence-electron chi connectivity index (χ4n) is 2.40. The lowest BCUT2D eigenvalue weighted by atomic mass is 10.1. The van der Waals surface area contributed by atoms with Gasteiger partial charge in [-0.3, -0.25) is 0 Å². The van der Waals surface area contributed by atoms with Crippen LogP contribution in [0.5, 0.6) is 0 Å². The Morgan fingerprint density at radius 3 is 2.77 bits per heavy atom. The molecule has 0 radical (unpaired) electrons. The number of anilines is 1. The third-order valence-electron chi connectivity index (χ3n) is 3.57. The largest absolute Gasteiger partial charge is 0.363 e. The topological polar surface area (TPSA) is 42.2 Å². The fraction of sp³-hybridized carbons (Fsp3) is 0.250. The van der Waals surface area contributed by atoms with Crippen molar-refractivity contribution in [2.45, 2.75) is 26.3 Å². The smallest absolute Gasteiger partial charge is 0.157 e. The highest BCUT2D eigenvalue weighted by Crippen LogP contribution is 2.23. The van der Waals surface area contributed by atoms with Gasteiger partial charge in [-0.05, 0) is 19.4 Å². The molecule has 2 heterocycles. The van der Waals surface area contributed by atoms with Gasteiger partial charge in [0.05, 0.1) is 12.2 Å². The summed E-state index contributed by atoms with van der Waals surface area (Å²) in [6.07, 6.45) is 2.45. The number of halogens is 2. The van der Waals surface area contributed by atoms with Crippen molar-refractivity contribution in [3.8, 4) is 0 Å². The van der Waals surface area contributed by atoms with E-state index >= 15 is 0 Å². The monoisotopic (exact) mass is 302 g/mol. The minimum atomic E-state index is -0.583. The predicted octanol–water partition coefficient (Wildman–Crippen LogP) is 3.74. The maximum absolute atomic E-state index is 13.9. The molecule has 0 aliphatic carbocycles. The summed E-state index contributed by atoms with van der Waals surface area (Å²) in [5.41, 5.74) is 2.05. The van der Waals surface area contributed by atoms with E-state index in [0.717, 1.165) is 29.6 Å². The Hall–Kier alpha value is -2.50. The van der Waals surface area contributed by atoms with E-state index in [2.05, 4.69) is 15.4 Å². The number of aryl methyl sites for hydroxylation is 1. The minimum absolute atomic E-state index is 0.333. The van der Waals surface area contributed by atoms with Crippen LogP contribution >= 0.6 is 0 Å². The Morgan fingerprint density at radius 2 is 2.05 bits per heavy atom. The van der Waals surface area contributed by atoms with Gasteiger partial charge >= 0.3 is 0 Å². The van der Waals surface area contributed by atoms with Gasteiger partial charge in [0.15, 0.2) is 5.65 Å². The number of nitrogens with one attached hydrogen (secondary N) is 1. The van der Waals surface area contributed by atoms with Crippen LogP contribution in [0.15, 0.2) is 36.5 Å². The summed E-state index contributed by atoms with van der Waals surface area (Å²) in [6.45, 7) is 3.83. The number of fused-ring (bicyclic) bond motifs is 1. The molecule has 1 aromatic carbocycles. The van der Waals surface area contributed by atoms with Crippen LogP contribution in [0.25, 0.3) is 5.65 Å². The van der Waals surface area contributed by atoms with Crippen molar-refractivity contribution in [2.24, 2.45) is 0 Å². The van der Waals surface area contributed by atoms with Gasteiger partial charge in [-0.1, -0.05) is 13.0 Å². The highest BCUT2D eigenvalue weighted by molar-refractivity contribution is 5.50. The first-order valence-electron chi connectivity index (χ1n) is 7.13. The highest BCUT2D eigenvalue weighted by Gasteiger charge is 2.14. The number of aromatic nitrogens is 3. The van der Waals surface area contributed by atoms with Crippen LogP contribution < -0.4 is 5.32 Å². The van der Waals surface area contributed by atoms with Gasteiger partial charge in [0.25, 0.3) is 0 Å². The minimum Gasteiger partial charge on any atom is -0.363 e. The molecule has 22 heavy (non-hydrogen) atoms. The first-order chi connectivity index (χ1) is 10.6. The second kappa shape index (κ2) is 5.71. The van der Waals surface area contributed by atoms with E-state index in [1.807, 2.05) is 26.0 Å². The number of nitrogens with zero attached hydrogens (tertiary/aromatic N) is 3. The summed E-state index contributed by atoms with van der Waals surface area (Å²) in [4.78, 5) is 4.46. The van der Waals surface area contributed by atoms with E-state index in [1.54, 1.807) is 10.7 Å². The zero-order valence-corrected chi connectivity index (χ0v) is 12.3. The Balaban J connectivity index is 1.96. The molecular formula is C16H16F2N4. The van der Waals surface area contributed by atoms with Crippen LogP contribution in [-0.4, -0.2) is 14.6 Å². The molecule has 0 fully saturated rings. The lowest BCUT2D eigenvalue weighted by Gasteiger charge is -2.17. The van der Waals surface area contributed by atoms with Crippen LogP contribution in [0.2, 0.25) is 0 Å². The van der Waals surface area contributed by atoms with Gasteiger partial charge in [-0.25, -0.2) is 13.8 Å². The van der Waals surface area contributed by atoms with Gasteiger partial charge < -0.3 is 5.32 Å². The average Bonchev–Trinajstić information content (AvgIpc) is 2.95. The SMILES string of the molecule is CCc1cc(N[C@@H](C)c2ccc(F)cc2F)n2nccc2n1. The van der Waals surface area contributed by atoms with E-state index in [9.17, 15) is 8.78 Å². The maximum atomic E-state index is 13.9. The van der Waals surface area contributed by atoms with Crippen molar-refractivity contribution in [1.82, 2.24) is 14.6 Å². The van der Waals surface area contributed by atoms with E-state index in [-0.39, 0.29) is 6.04 Å². The van der Waals surface area contributed by atoms with Crippen molar-refractivity contribution in [2.75, 3.05) is 5.32 Å². The third-order valence-corrected chi connectivity index (χ3v) is 3.57. The van der Waals surface area contributed by atoms with Crippen LogP contribution in [0.4, 0.5) is 14.6 Å². The molecular weight excluding hydrogens is 286 g/mol. The molecule has 4 nitrogen and oxygen atoms in total. The van der Waals surface area contributed by atoms with Gasteiger partial charge in [0, 0.05) is 29.5 Å². The van der Waals surface area contributed by atoms with Crippen molar-refractivity contribution in [3.63, 3.8) is 0 Å². The molecule has 0 aliphatic heterocycles. The van der Waals surface area contributed by atoms with Crippen molar-refractivity contribution < 1.29 is 8.78 Å². The Bertz CT molecular complexity index is 813. The number of hydrogen-bond donors (Lipinski definition) is 1. The van der Waals surface area contributed by atoms with Gasteiger partial charge in [0.2, 0.25) is 0 Å². The third kappa shape index (κ3) is 2.64. The summed E-state index contributed by atoms with van der Waals surface area (Å²) < 4.78 is 28.6. The van der Waals surface area contributed by atoms with Crippen LogP contribution in [-0.2, 0) is 6.42 Å². The molecule has 3 aromatic rings. The predicted molar refractivity (Wildman–Crippen MR) is 80.8 cm³/mol. The molecule has 0 amide bonds. The standard InChI is InChI=1S/C16H16F2N4/c1-3-12-9-16(22-15(21-12)6-7-19-22)20-10(2)13-5-4-11(17)8-14(13)18/h4-10,20H,3H2,1-2H3/t10-/m0/s1. The zero-order chi connectivity index (χ0) is 15.7. The summed E-state index contributed by atoms with van der Waals surface area (Å²) >= 11 is 0. The van der Waals surface area contributed by atoms with Gasteiger partial charge in [0.1, 0.15) is 17.5 Å². The number of hydrogen-bond acceptors (Lipinski definition) is 3. The van der Waals surface area contributed by atoms with Crippen molar-refractivity contribution in [3.05, 3.63) is 59.4 Å². The van der Waals surface area contributed by atoms with E-state index < -0.39 is 11.6 Å². The Labute approximate surface area is 126 Å². The summed E-state index contributed by atoms with van der Waals surface area (Å²) in [5, 5.41) is 7.44. The van der Waals surface area contributed by atoms with E-state index in [4.69, 9.17) is 0 Å². The van der Waals surface area contributed by atoms with Crippen LogP contribution in [0.1, 0.15) is 31.1 Å². The molecule has 0 saturated carbocycles.